The number of benzene rings is 2. The predicted octanol–water partition coefficient (Wildman–Crippen LogP) is 3.45. The van der Waals surface area contributed by atoms with Crippen LogP contribution >= 0.6 is 23.2 Å². The van der Waals surface area contributed by atoms with Crippen LogP contribution in [0.15, 0.2) is 58.3 Å². The fourth-order valence-electron chi connectivity index (χ4n) is 3.79. The van der Waals surface area contributed by atoms with E-state index in [4.69, 9.17) is 27.9 Å². The smallest absolute Gasteiger partial charge is 0.345 e. The summed E-state index contributed by atoms with van der Waals surface area (Å²) in [4.78, 5) is 52.8. The molecule has 9 nitrogen and oxygen atoms in total. The van der Waals surface area contributed by atoms with Gasteiger partial charge in [0.15, 0.2) is 0 Å². The number of hydrogen-bond donors (Lipinski definition) is 1. The molecule has 1 N–H and O–H groups in total. The number of ether oxygens (including phenoxy) is 1. The topological polar surface area (TPSA) is 103 Å². The van der Waals surface area contributed by atoms with Crippen LogP contribution in [0.3, 0.4) is 0 Å². The van der Waals surface area contributed by atoms with E-state index in [9.17, 15) is 19.2 Å². The molecule has 35 heavy (non-hydrogen) atoms. The van der Waals surface area contributed by atoms with Crippen molar-refractivity contribution >= 4 is 40.9 Å². The Balaban J connectivity index is 1.81. The van der Waals surface area contributed by atoms with E-state index < -0.39 is 17.2 Å². The molecule has 0 saturated carbocycles. The van der Waals surface area contributed by atoms with Crippen molar-refractivity contribution in [1.82, 2.24) is 14.5 Å². The zero-order valence-electron chi connectivity index (χ0n) is 18.8. The first-order valence-electron chi connectivity index (χ1n) is 10.9. The number of anilines is 1. The lowest BCUT2D eigenvalue weighted by atomic mass is 10.2. The normalized spacial score (nSPS) is 13.5. The number of amides is 2. The van der Waals surface area contributed by atoms with Crippen LogP contribution in [-0.2, 0) is 11.3 Å². The van der Waals surface area contributed by atoms with Gasteiger partial charge in [0.1, 0.15) is 5.56 Å². The highest BCUT2D eigenvalue weighted by molar-refractivity contribution is 6.42. The van der Waals surface area contributed by atoms with E-state index in [-0.39, 0.29) is 34.8 Å². The van der Waals surface area contributed by atoms with Gasteiger partial charge in [-0.3, -0.25) is 18.8 Å². The van der Waals surface area contributed by atoms with Gasteiger partial charge in [-0.15, -0.1) is 0 Å². The van der Waals surface area contributed by atoms with E-state index >= 15 is 0 Å². The van der Waals surface area contributed by atoms with E-state index in [1.165, 1.54) is 10.8 Å². The summed E-state index contributed by atoms with van der Waals surface area (Å²) in [5.41, 5.74) is -0.289. The zero-order chi connectivity index (χ0) is 25.1. The third-order valence-electron chi connectivity index (χ3n) is 5.55. The summed E-state index contributed by atoms with van der Waals surface area (Å²) in [6.45, 7) is 2.68. The molecule has 1 aliphatic heterocycles. The molecule has 2 amide bonds. The maximum Gasteiger partial charge on any atom is 0.345 e. The highest BCUT2D eigenvalue weighted by Gasteiger charge is 2.22. The number of nitrogens with zero attached hydrogens (tertiary/aromatic N) is 3. The van der Waals surface area contributed by atoms with Crippen LogP contribution in [-0.4, -0.2) is 40.8 Å². The van der Waals surface area contributed by atoms with Gasteiger partial charge in [-0.1, -0.05) is 35.3 Å². The summed E-state index contributed by atoms with van der Waals surface area (Å²) in [6.07, 6.45) is 1.98. The van der Waals surface area contributed by atoms with Crippen LogP contribution in [0, 0.1) is 0 Å². The third-order valence-corrected chi connectivity index (χ3v) is 6.40. The molecule has 1 saturated heterocycles. The molecule has 2 aromatic carbocycles. The molecular formula is C24H22Cl2N4O5. The first-order valence-corrected chi connectivity index (χ1v) is 11.7. The molecule has 0 atom stereocenters. The quantitative estimate of drug-likeness (QED) is 0.505. The molecule has 182 valence electrons. The van der Waals surface area contributed by atoms with Gasteiger partial charge in [-0.2, -0.15) is 0 Å². The fourth-order valence-corrected chi connectivity index (χ4v) is 4.16. The Morgan fingerprint density at radius 3 is 2.46 bits per heavy atom. The lowest BCUT2D eigenvalue weighted by Gasteiger charge is -2.27. The van der Waals surface area contributed by atoms with Crippen molar-refractivity contribution in [2.24, 2.45) is 0 Å². The average molecular weight is 517 g/mol. The number of aromatic nitrogens is 2. The second-order valence-corrected chi connectivity index (χ2v) is 8.56. The van der Waals surface area contributed by atoms with Crippen LogP contribution in [0.2, 0.25) is 10.0 Å². The number of hydrogen-bond acceptors (Lipinski definition) is 5. The molecule has 1 aromatic heterocycles. The first kappa shape index (κ1) is 24.6. The molecule has 0 bridgehead atoms. The molecule has 0 aliphatic carbocycles. The number of halogens is 2. The SMILES string of the molecule is CCOC(=O)c1cn(-c2ccc(N3CCCNC3=O)cc2)c(=O)n(Cc2cccc(Cl)c2Cl)c1=O. The maximum absolute atomic E-state index is 13.4. The summed E-state index contributed by atoms with van der Waals surface area (Å²) in [7, 11) is 0. The first-order chi connectivity index (χ1) is 16.8. The van der Waals surface area contributed by atoms with Gasteiger partial charge in [0.25, 0.3) is 5.56 Å². The summed E-state index contributed by atoms with van der Waals surface area (Å²) in [5, 5.41) is 3.27. The highest BCUT2D eigenvalue weighted by atomic mass is 35.5. The minimum Gasteiger partial charge on any atom is -0.462 e. The minimum absolute atomic E-state index is 0.0596. The Morgan fingerprint density at radius 1 is 1.06 bits per heavy atom. The van der Waals surface area contributed by atoms with Crippen molar-refractivity contribution in [2.75, 3.05) is 24.6 Å². The van der Waals surface area contributed by atoms with Gasteiger partial charge in [-0.05, 0) is 49.2 Å². The largest absolute Gasteiger partial charge is 0.462 e. The molecule has 11 heteroatoms. The summed E-state index contributed by atoms with van der Waals surface area (Å²) >= 11 is 12.4. The molecular weight excluding hydrogens is 495 g/mol. The molecule has 0 radical (unpaired) electrons. The van der Waals surface area contributed by atoms with Crippen molar-refractivity contribution in [3.05, 3.63) is 90.7 Å². The Morgan fingerprint density at radius 2 is 1.77 bits per heavy atom. The molecule has 0 unspecified atom stereocenters. The van der Waals surface area contributed by atoms with Gasteiger partial charge < -0.3 is 10.1 Å². The zero-order valence-corrected chi connectivity index (χ0v) is 20.3. The lowest BCUT2D eigenvalue weighted by molar-refractivity contribution is 0.0522. The van der Waals surface area contributed by atoms with Crippen LogP contribution in [0.5, 0.6) is 0 Å². The van der Waals surface area contributed by atoms with Crippen molar-refractivity contribution in [3.8, 4) is 5.69 Å². The predicted molar refractivity (Wildman–Crippen MR) is 133 cm³/mol. The van der Waals surface area contributed by atoms with E-state index in [1.54, 1.807) is 54.3 Å². The van der Waals surface area contributed by atoms with E-state index in [2.05, 4.69) is 5.32 Å². The monoisotopic (exact) mass is 516 g/mol. The molecule has 1 aliphatic rings. The van der Waals surface area contributed by atoms with Gasteiger partial charge in [0.05, 0.1) is 28.9 Å². The van der Waals surface area contributed by atoms with E-state index in [1.807, 2.05) is 0 Å². The van der Waals surface area contributed by atoms with E-state index in [0.29, 0.717) is 30.0 Å². The molecule has 4 rings (SSSR count). The number of rotatable bonds is 6. The van der Waals surface area contributed by atoms with E-state index in [0.717, 1.165) is 11.0 Å². The molecule has 3 aromatic rings. The fraction of sp³-hybridized carbons (Fsp3) is 0.250. The van der Waals surface area contributed by atoms with Gasteiger partial charge in [0, 0.05) is 25.0 Å². The maximum atomic E-state index is 13.4. The number of esters is 1. The van der Waals surface area contributed by atoms with Gasteiger partial charge in [-0.25, -0.2) is 14.4 Å². The number of carbonyl (C=O) groups excluding carboxylic acids is 2. The number of carbonyl (C=O) groups is 2. The van der Waals surface area contributed by atoms with Crippen LogP contribution < -0.4 is 21.5 Å². The van der Waals surface area contributed by atoms with Crippen molar-refractivity contribution in [3.63, 3.8) is 0 Å². The minimum atomic E-state index is -0.848. The van der Waals surface area contributed by atoms with Crippen molar-refractivity contribution < 1.29 is 14.3 Å². The molecule has 0 spiro atoms. The van der Waals surface area contributed by atoms with Crippen molar-refractivity contribution in [1.29, 1.82) is 0 Å². The summed E-state index contributed by atoms with van der Waals surface area (Å²) < 4.78 is 7.13. The Labute approximate surface area is 210 Å². The van der Waals surface area contributed by atoms with Gasteiger partial charge in [0.2, 0.25) is 0 Å². The second kappa shape index (κ2) is 10.4. The Kier molecular flexibility index (Phi) is 7.28. The Hall–Kier alpha value is -3.56. The third kappa shape index (κ3) is 4.96. The summed E-state index contributed by atoms with van der Waals surface area (Å²) in [5.74, 6) is -0.848. The lowest BCUT2D eigenvalue weighted by Crippen LogP contribution is -2.46. The van der Waals surface area contributed by atoms with Crippen molar-refractivity contribution in [2.45, 2.75) is 19.9 Å². The highest BCUT2D eigenvalue weighted by Crippen LogP contribution is 2.26. The Bertz CT molecular complexity index is 1400. The van der Waals surface area contributed by atoms with Crippen LogP contribution in [0.1, 0.15) is 29.3 Å². The molecule has 1 fully saturated rings. The number of urea groups is 1. The summed E-state index contributed by atoms with van der Waals surface area (Å²) in [6, 6.07) is 11.3. The molecule has 2 heterocycles. The van der Waals surface area contributed by atoms with Crippen LogP contribution in [0.4, 0.5) is 10.5 Å². The standard InChI is InChI=1S/C24H22Cl2N4O5/c1-2-35-22(32)18-14-29(17-9-7-16(8-10-17)28-12-4-11-27-23(28)33)24(34)30(21(18)31)13-15-5-3-6-19(25)20(15)26/h3,5-10,14H,2,4,11-13H2,1H3,(H,27,33). The number of nitrogens with one attached hydrogen (secondary N) is 1. The van der Waals surface area contributed by atoms with Crippen LogP contribution in [0.25, 0.3) is 5.69 Å². The second-order valence-electron chi connectivity index (χ2n) is 7.77. The average Bonchev–Trinajstić information content (AvgIpc) is 2.85. The van der Waals surface area contributed by atoms with Gasteiger partial charge >= 0.3 is 17.7 Å².